The van der Waals surface area contributed by atoms with Gasteiger partial charge in [0.05, 0.1) is 32.6 Å². The van der Waals surface area contributed by atoms with E-state index in [1.807, 2.05) is 30.3 Å². The number of rotatable bonds is 6. The summed E-state index contributed by atoms with van der Waals surface area (Å²) in [6.45, 7) is -0.271. The van der Waals surface area contributed by atoms with Crippen molar-refractivity contribution in [1.82, 2.24) is 4.98 Å². The summed E-state index contributed by atoms with van der Waals surface area (Å²) >= 11 is 22.0. The molecule has 7 atom stereocenters. The smallest absolute Gasteiger partial charge is 0.305 e. The Balaban J connectivity index is 1.13. The van der Waals surface area contributed by atoms with Crippen molar-refractivity contribution in [3.05, 3.63) is 99.8 Å². The third kappa shape index (κ3) is 5.30. The molecule has 2 bridgehead atoms. The molecule has 4 unspecified atom stereocenters. The van der Waals surface area contributed by atoms with Gasteiger partial charge in [0.2, 0.25) is 11.8 Å². The first-order valence-corrected chi connectivity index (χ1v) is 18.8. The van der Waals surface area contributed by atoms with E-state index in [1.54, 1.807) is 42.1 Å². The Bertz CT molecular complexity index is 2040. The van der Waals surface area contributed by atoms with Gasteiger partial charge in [0.15, 0.2) is 6.61 Å². The Morgan fingerprint density at radius 1 is 0.936 bits per heavy atom. The summed E-state index contributed by atoms with van der Waals surface area (Å²) in [4.78, 5) is 58.8. The number of imide groups is 1. The van der Waals surface area contributed by atoms with Crippen molar-refractivity contribution in [1.29, 1.82) is 0 Å². The normalized spacial score (nSPS) is 27.1. The topological polar surface area (TPSA) is 109 Å². The highest BCUT2D eigenvalue weighted by Crippen LogP contribution is 2.69. The number of nitrogens with one attached hydrogen (secondary N) is 2. The standard InChI is InChI=1S/C33H23Br2Cl2N3O5S2/c34-13-1-5-16(6-2-13)40-31(42)26-18-11-19(27(26)32(40)43)28-25(18)24(29-30(46-28)39-33(44)47-29)17-9-14(35)3-8-22(17)45-12-23(41)38-15-4-7-20(36)21(37)10-15/h1-10,18-19,24-28H,11-12H2,(H,38,41)(H,39,44)/t18-,19-,24-,25?,26?,27?,28?/m1/s1. The van der Waals surface area contributed by atoms with E-state index in [-0.39, 0.29) is 58.1 Å². The van der Waals surface area contributed by atoms with E-state index in [1.165, 1.54) is 16.2 Å². The van der Waals surface area contributed by atoms with Crippen molar-refractivity contribution in [2.45, 2.75) is 22.6 Å². The summed E-state index contributed by atoms with van der Waals surface area (Å²) in [6, 6.07) is 17.7. The lowest BCUT2D eigenvalue weighted by molar-refractivity contribution is -0.123. The second-order valence-electron chi connectivity index (χ2n) is 12.1. The highest BCUT2D eigenvalue weighted by Gasteiger charge is 2.69. The van der Waals surface area contributed by atoms with Crippen LogP contribution < -0.4 is 19.8 Å². The van der Waals surface area contributed by atoms with Crippen LogP contribution in [-0.4, -0.2) is 34.6 Å². The lowest BCUT2D eigenvalue weighted by Gasteiger charge is -2.43. The molecule has 8 nitrogen and oxygen atoms in total. The fourth-order valence-electron chi connectivity index (χ4n) is 8.02. The first-order chi connectivity index (χ1) is 22.6. The molecule has 0 spiro atoms. The van der Waals surface area contributed by atoms with Crippen LogP contribution in [0, 0.1) is 29.6 Å². The second kappa shape index (κ2) is 12.1. The predicted molar refractivity (Wildman–Crippen MR) is 190 cm³/mol. The van der Waals surface area contributed by atoms with Crippen LogP contribution in [0.25, 0.3) is 0 Å². The number of hydrogen-bond donors (Lipinski definition) is 2. The number of benzene rings is 3. The van der Waals surface area contributed by atoms with Crippen LogP contribution in [0.3, 0.4) is 0 Å². The molecule has 2 aliphatic heterocycles. The van der Waals surface area contributed by atoms with Crippen LogP contribution in [0.2, 0.25) is 10.0 Å². The van der Waals surface area contributed by atoms with Gasteiger partial charge in [0, 0.05) is 36.2 Å². The predicted octanol–water partition coefficient (Wildman–Crippen LogP) is 7.96. The summed E-state index contributed by atoms with van der Waals surface area (Å²) in [5, 5.41) is 4.29. The van der Waals surface area contributed by atoms with Gasteiger partial charge < -0.3 is 15.0 Å². The fraction of sp³-hybridized carbons (Fsp3) is 0.273. The van der Waals surface area contributed by atoms with Crippen molar-refractivity contribution in [3.63, 3.8) is 0 Å². The van der Waals surface area contributed by atoms with Crippen molar-refractivity contribution in [2.24, 2.45) is 29.6 Å². The molecule has 3 heterocycles. The van der Waals surface area contributed by atoms with E-state index in [4.69, 9.17) is 27.9 Å². The summed E-state index contributed by atoms with van der Waals surface area (Å²) in [6.07, 6.45) is 0.759. The summed E-state index contributed by atoms with van der Waals surface area (Å²) < 4.78 is 7.86. The molecule has 0 radical (unpaired) electrons. The maximum Gasteiger partial charge on any atom is 0.305 e. The number of nitrogens with zero attached hydrogens (tertiary/aromatic N) is 1. The molecule has 240 valence electrons. The van der Waals surface area contributed by atoms with Crippen molar-refractivity contribution in [2.75, 3.05) is 16.8 Å². The van der Waals surface area contributed by atoms with Crippen LogP contribution in [0.4, 0.5) is 11.4 Å². The molecule has 3 aromatic carbocycles. The van der Waals surface area contributed by atoms with Gasteiger partial charge >= 0.3 is 4.87 Å². The minimum absolute atomic E-state index is 0.00963. The maximum absolute atomic E-state index is 14.1. The molecule has 4 aromatic rings. The molecule has 2 aliphatic carbocycles. The number of aromatic nitrogens is 1. The van der Waals surface area contributed by atoms with Crippen molar-refractivity contribution >= 4 is 107 Å². The molecule has 2 saturated carbocycles. The molecule has 47 heavy (non-hydrogen) atoms. The van der Waals surface area contributed by atoms with E-state index in [2.05, 4.69) is 42.2 Å². The number of fused-ring (bicyclic) bond motifs is 9. The largest absolute Gasteiger partial charge is 0.483 e. The zero-order chi connectivity index (χ0) is 32.7. The van der Waals surface area contributed by atoms with Gasteiger partial charge in [0.25, 0.3) is 5.91 Å². The minimum atomic E-state index is -0.439. The van der Waals surface area contributed by atoms with Gasteiger partial charge in [-0.2, -0.15) is 0 Å². The van der Waals surface area contributed by atoms with Gasteiger partial charge in [0.1, 0.15) is 5.75 Å². The maximum atomic E-state index is 14.1. The van der Waals surface area contributed by atoms with Crippen LogP contribution >= 0.6 is 78.2 Å². The summed E-state index contributed by atoms with van der Waals surface area (Å²) in [7, 11) is 0. The van der Waals surface area contributed by atoms with Crippen LogP contribution in [-0.2, 0) is 14.4 Å². The third-order valence-corrected chi connectivity index (χ3v) is 14.0. The Kier molecular flexibility index (Phi) is 8.12. The number of H-pyrrole nitrogens is 1. The van der Waals surface area contributed by atoms with E-state index in [0.717, 1.165) is 30.8 Å². The number of halogens is 4. The molecular formula is C33H23Br2Cl2N3O5S2. The zero-order valence-electron chi connectivity index (χ0n) is 24.0. The highest BCUT2D eigenvalue weighted by molar-refractivity contribution is 9.10. The quantitative estimate of drug-likeness (QED) is 0.191. The number of thiazole rings is 1. The van der Waals surface area contributed by atoms with Crippen LogP contribution in [0.1, 0.15) is 22.8 Å². The fourth-order valence-corrected chi connectivity index (χ4v) is 11.8. The van der Waals surface area contributed by atoms with E-state index >= 15 is 0 Å². The molecule has 14 heteroatoms. The monoisotopic (exact) mass is 833 g/mol. The number of ether oxygens (including phenoxy) is 1. The Labute approximate surface area is 303 Å². The first-order valence-electron chi connectivity index (χ1n) is 14.8. The number of amides is 3. The molecule has 8 rings (SSSR count). The average Bonchev–Trinajstić information content (AvgIpc) is 3.78. The van der Waals surface area contributed by atoms with Crippen LogP contribution in [0.15, 0.2) is 79.4 Å². The summed E-state index contributed by atoms with van der Waals surface area (Å²) in [5.74, 6) is -1.43. The average molecular weight is 836 g/mol. The number of anilines is 2. The minimum Gasteiger partial charge on any atom is -0.483 e. The Hall–Kier alpha value is -2.61. The number of aromatic amines is 1. The van der Waals surface area contributed by atoms with E-state index < -0.39 is 11.8 Å². The Morgan fingerprint density at radius 2 is 1.66 bits per heavy atom. The molecule has 1 saturated heterocycles. The van der Waals surface area contributed by atoms with Gasteiger partial charge in [-0.15, -0.1) is 11.8 Å². The number of carbonyl (C=O) groups is 3. The lowest BCUT2D eigenvalue weighted by atomic mass is 9.68. The number of carbonyl (C=O) groups excluding carboxylic acids is 3. The van der Waals surface area contributed by atoms with Gasteiger partial charge in [-0.3, -0.25) is 24.1 Å². The molecule has 4 aliphatic rings. The molecule has 2 N–H and O–H groups in total. The summed E-state index contributed by atoms with van der Waals surface area (Å²) in [5.41, 5.74) is 1.89. The van der Waals surface area contributed by atoms with Gasteiger partial charge in [-0.1, -0.05) is 66.4 Å². The molecule has 3 fully saturated rings. The third-order valence-electron chi connectivity index (χ3n) is 9.68. The Morgan fingerprint density at radius 3 is 2.40 bits per heavy atom. The van der Waals surface area contributed by atoms with E-state index in [9.17, 15) is 19.2 Å². The molecule has 3 amide bonds. The van der Waals surface area contributed by atoms with Gasteiger partial charge in [-0.05, 0) is 84.8 Å². The number of thioether (sulfide) groups is 1. The van der Waals surface area contributed by atoms with Gasteiger partial charge in [-0.25, -0.2) is 0 Å². The van der Waals surface area contributed by atoms with Crippen LogP contribution in [0.5, 0.6) is 5.75 Å². The van der Waals surface area contributed by atoms with Crippen molar-refractivity contribution < 1.29 is 19.1 Å². The number of hydrogen-bond acceptors (Lipinski definition) is 7. The lowest BCUT2D eigenvalue weighted by Crippen LogP contribution is -2.42. The SMILES string of the molecule is O=C(COc1ccc(Br)cc1[C@H]1c2sc(=O)[nH]c2SC2C1[C@H]1C[C@@H]2C2C(=O)N(c3ccc(Br)cc3)C(=O)C21)Nc1ccc(Cl)c(Cl)c1. The molecular weight excluding hydrogens is 813 g/mol. The molecule has 1 aromatic heterocycles. The zero-order valence-corrected chi connectivity index (χ0v) is 30.4. The highest BCUT2D eigenvalue weighted by atomic mass is 79.9. The van der Waals surface area contributed by atoms with E-state index in [0.29, 0.717) is 27.2 Å². The second-order valence-corrected chi connectivity index (χ2v) is 16.9. The first kappa shape index (κ1) is 31.6. The van der Waals surface area contributed by atoms with Crippen molar-refractivity contribution in [3.8, 4) is 5.75 Å².